The summed E-state index contributed by atoms with van der Waals surface area (Å²) < 4.78 is 21.2. The summed E-state index contributed by atoms with van der Waals surface area (Å²) in [6.45, 7) is 3.78. The largest absolute Gasteiger partial charge is 0.497 e. The molecule has 2 atom stereocenters. The second-order valence-electron chi connectivity index (χ2n) is 6.28. The quantitative estimate of drug-likeness (QED) is 0.718. The first-order valence-electron chi connectivity index (χ1n) is 8.94. The maximum atomic E-state index is 12.5. The van der Waals surface area contributed by atoms with E-state index in [1.165, 1.54) is 0 Å². The number of urea groups is 1. The van der Waals surface area contributed by atoms with Crippen molar-refractivity contribution in [2.45, 2.75) is 25.9 Å². The SMILES string of the molecule is COc1ccc(C(C)NC(=O)NC(C)c2ccc(OC)cc2OC)c(OC)c1. The molecule has 2 aromatic rings. The molecule has 28 heavy (non-hydrogen) atoms. The maximum absolute atomic E-state index is 12.5. The van der Waals surface area contributed by atoms with Crippen molar-refractivity contribution in [1.29, 1.82) is 0 Å². The van der Waals surface area contributed by atoms with E-state index in [4.69, 9.17) is 18.9 Å². The second-order valence-corrected chi connectivity index (χ2v) is 6.28. The van der Waals surface area contributed by atoms with Gasteiger partial charge in [-0.25, -0.2) is 4.79 Å². The Hall–Kier alpha value is -3.09. The van der Waals surface area contributed by atoms with Crippen molar-refractivity contribution in [3.63, 3.8) is 0 Å². The Morgan fingerprint density at radius 1 is 0.714 bits per heavy atom. The van der Waals surface area contributed by atoms with Gasteiger partial charge in [0.1, 0.15) is 23.0 Å². The van der Waals surface area contributed by atoms with Gasteiger partial charge in [-0.15, -0.1) is 0 Å². The monoisotopic (exact) mass is 388 g/mol. The zero-order valence-corrected chi connectivity index (χ0v) is 17.2. The molecule has 0 fully saturated rings. The van der Waals surface area contributed by atoms with E-state index in [1.54, 1.807) is 40.6 Å². The lowest BCUT2D eigenvalue weighted by atomic mass is 10.1. The molecule has 2 amide bonds. The van der Waals surface area contributed by atoms with Gasteiger partial charge in [-0.1, -0.05) is 0 Å². The van der Waals surface area contributed by atoms with Gasteiger partial charge in [0, 0.05) is 23.3 Å². The van der Waals surface area contributed by atoms with Gasteiger partial charge in [0.25, 0.3) is 0 Å². The van der Waals surface area contributed by atoms with Crippen molar-refractivity contribution < 1.29 is 23.7 Å². The van der Waals surface area contributed by atoms with Crippen LogP contribution in [0.1, 0.15) is 37.1 Å². The fourth-order valence-corrected chi connectivity index (χ4v) is 2.94. The topological polar surface area (TPSA) is 78.1 Å². The molecule has 0 aliphatic carbocycles. The average molecular weight is 388 g/mol. The average Bonchev–Trinajstić information content (AvgIpc) is 2.72. The predicted octanol–water partition coefficient (Wildman–Crippen LogP) is 3.84. The molecular formula is C21H28N2O5. The highest BCUT2D eigenvalue weighted by atomic mass is 16.5. The summed E-state index contributed by atoms with van der Waals surface area (Å²) in [7, 11) is 6.36. The highest BCUT2D eigenvalue weighted by Crippen LogP contribution is 2.30. The van der Waals surface area contributed by atoms with Gasteiger partial charge >= 0.3 is 6.03 Å². The maximum Gasteiger partial charge on any atom is 0.315 e. The number of amides is 2. The third-order valence-corrected chi connectivity index (χ3v) is 4.51. The molecule has 7 heteroatoms. The first kappa shape index (κ1) is 21.2. The second kappa shape index (κ2) is 9.73. The first-order valence-corrected chi connectivity index (χ1v) is 8.94. The van der Waals surface area contributed by atoms with E-state index in [9.17, 15) is 4.79 Å². The molecule has 2 N–H and O–H groups in total. The summed E-state index contributed by atoms with van der Waals surface area (Å²) in [6, 6.07) is 10.2. The fourth-order valence-electron chi connectivity index (χ4n) is 2.94. The normalized spacial score (nSPS) is 12.5. The van der Waals surface area contributed by atoms with E-state index in [2.05, 4.69) is 10.6 Å². The van der Waals surface area contributed by atoms with Crippen LogP contribution in [-0.2, 0) is 0 Å². The van der Waals surface area contributed by atoms with Gasteiger partial charge in [0.2, 0.25) is 0 Å². The summed E-state index contributed by atoms with van der Waals surface area (Å²) in [5.41, 5.74) is 1.71. The first-order chi connectivity index (χ1) is 13.4. The Kier molecular flexibility index (Phi) is 7.37. The highest BCUT2D eigenvalue weighted by molar-refractivity contribution is 5.75. The van der Waals surface area contributed by atoms with Crippen LogP contribution >= 0.6 is 0 Å². The molecule has 152 valence electrons. The van der Waals surface area contributed by atoms with Crippen LogP contribution in [0.5, 0.6) is 23.0 Å². The predicted molar refractivity (Wildman–Crippen MR) is 108 cm³/mol. The van der Waals surface area contributed by atoms with Crippen LogP contribution in [0.25, 0.3) is 0 Å². The number of carbonyl (C=O) groups excluding carboxylic acids is 1. The molecule has 2 unspecified atom stereocenters. The number of rotatable bonds is 8. The summed E-state index contributed by atoms with van der Waals surface area (Å²) in [6.07, 6.45) is 0. The molecule has 7 nitrogen and oxygen atoms in total. The summed E-state index contributed by atoms with van der Waals surface area (Å²) in [5.74, 6) is 2.68. The Bertz CT molecular complexity index is 744. The Balaban J connectivity index is 2.07. The van der Waals surface area contributed by atoms with E-state index in [1.807, 2.05) is 38.1 Å². The Morgan fingerprint density at radius 3 is 1.43 bits per heavy atom. The van der Waals surface area contributed by atoms with Gasteiger partial charge in [-0.05, 0) is 38.1 Å². The van der Waals surface area contributed by atoms with Crippen LogP contribution in [-0.4, -0.2) is 34.5 Å². The molecule has 2 aromatic carbocycles. The standard InChI is InChI=1S/C21H28N2O5/c1-13(17-9-7-15(25-3)11-19(17)27-5)22-21(24)23-14(2)18-10-8-16(26-4)12-20(18)28-6/h7-14H,1-6H3,(H2,22,23,24). The minimum atomic E-state index is -0.296. The molecule has 0 radical (unpaired) electrons. The van der Waals surface area contributed by atoms with Crippen molar-refractivity contribution in [3.8, 4) is 23.0 Å². The summed E-state index contributed by atoms with van der Waals surface area (Å²) in [4.78, 5) is 12.5. The van der Waals surface area contributed by atoms with Crippen molar-refractivity contribution in [2.75, 3.05) is 28.4 Å². The van der Waals surface area contributed by atoms with E-state index in [0.29, 0.717) is 23.0 Å². The molecule has 0 aromatic heterocycles. The molecular weight excluding hydrogens is 360 g/mol. The number of benzene rings is 2. The number of methoxy groups -OCH3 is 4. The van der Waals surface area contributed by atoms with Crippen molar-refractivity contribution in [3.05, 3.63) is 47.5 Å². The lowest BCUT2D eigenvalue weighted by molar-refractivity contribution is 0.234. The number of carbonyl (C=O) groups is 1. The van der Waals surface area contributed by atoms with Crippen LogP contribution in [0.2, 0.25) is 0 Å². The van der Waals surface area contributed by atoms with Gasteiger partial charge in [0.15, 0.2) is 0 Å². The lowest BCUT2D eigenvalue weighted by Crippen LogP contribution is -2.38. The van der Waals surface area contributed by atoms with Gasteiger partial charge in [-0.2, -0.15) is 0 Å². The third kappa shape index (κ3) is 5.00. The molecule has 0 saturated heterocycles. The lowest BCUT2D eigenvalue weighted by Gasteiger charge is -2.21. The molecule has 0 aliphatic rings. The minimum Gasteiger partial charge on any atom is -0.497 e. The molecule has 0 saturated carbocycles. The van der Waals surface area contributed by atoms with Gasteiger partial charge < -0.3 is 29.6 Å². The summed E-state index contributed by atoms with van der Waals surface area (Å²) >= 11 is 0. The van der Waals surface area contributed by atoms with E-state index >= 15 is 0 Å². The van der Waals surface area contributed by atoms with Crippen LogP contribution in [0, 0.1) is 0 Å². The number of nitrogens with one attached hydrogen (secondary N) is 2. The van der Waals surface area contributed by atoms with Crippen LogP contribution in [0.3, 0.4) is 0 Å². The van der Waals surface area contributed by atoms with Crippen molar-refractivity contribution in [1.82, 2.24) is 10.6 Å². The van der Waals surface area contributed by atoms with Crippen LogP contribution in [0.15, 0.2) is 36.4 Å². The molecule has 0 bridgehead atoms. The molecule has 0 heterocycles. The zero-order chi connectivity index (χ0) is 20.7. The third-order valence-electron chi connectivity index (χ3n) is 4.51. The number of hydrogen-bond donors (Lipinski definition) is 2. The fraction of sp³-hybridized carbons (Fsp3) is 0.381. The summed E-state index contributed by atoms with van der Waals surface area (Å²) in [5, 5.41) is 5.87. The van der Waals surface area contributed by atoms with E-state index < -0.39 is 0 Å². The van der Waals surface area contributed by atoms with Crippen LogP contribution < -0.4 is 29.6 Å². The van der Waals surface area contributed by atoms with Gasteiger partial charge in [-0.3, -0.25) is 0 Å². The smallest absolute Gasteiger partial charge is 0.315 e. The molecule has 2 rings (SSSR count). The van der Waals surface area contributed by atoms with Crippen LogP contribution in [0.4, 0.5) is 4.79 Å². The zero-order valence-electron chi connectivity index (χ0n) is 17.2. The van der Waals surface area contributed by atoms with E-state index in [-0.39, 0.29) is 18.1 Å². The number of ether oxygens (including phenoxy) is 4. The highest BCUT2D eigenvalue weighted by Gasteiger charge is 2.18. The van der Waals surface area contributed by atoms with Crippen molar-refractivity contribution in [2.24, 2.45) is 0 Å². The Labute approximate surface area is 165 Å². The van der Waals surface area contributed by atoms with Gasteiger partial charge in [0.05, 0.1) is 40.5 Å². The number of hydrogen-bond acceptors (Lipinski definition) is 5. The molecule has 0 spiro atoms. The van der Waals surface area contributed by atoms with E-state index in [0.717, 1.165) is 11.1 Å². The Morgan fingerprint density at radius 2 is 1.11 bits per heavy atom. The van der Waals surface area contributed by atoms with Crippen molar-refractivity contribution >= 4 is 6.03 Å². The minimum absolute atomic E-state index is 0.259. The molecule has 0 aliphatic heterocycles.